The Kier molecular flexibility index (Phi) is 3.62. The molecule has 2 aromatic rings. The van der Waals surface area contributed by atoms with E-state index in [1.807, 2.05) is 43.3 Å². The summed E-state index contributed by atoms with van der Waals surface area (Å²) in [5.74, 6) is -0.215. The zero-order chi connectivity index (χ0) is 14.8. The van der Waals surface area contributed by atoms with Crippen molar-refractivity contribution in [1.82, 2.24) is 5.32 Å². The third-order valence-corrected chi connectivity index (χ3v) is 3.91. The normalized spacial score (nSPS) is 17.1. The lowest BCUT2D eigenvalue weighted by Crippen LogP contribution is -2.35. The van der Waals surface area contributed by atoms with Crippen LogP contribution in [0.3, 0.4) is 0 Å². The van der Waals surface area contributed by atoms with Crippen molar-refractivity contribution in [3.8, 4) is 5.75 Å². The number of para-hydroxylation sites is 1. The minimum absolute atomic E-state index is 0.101. The van der Waals surface area contributed by atoms with Crippen LogP contribution in [-0.2, 0) is 11.3 Å². The first-order valence-electron chi connectivity index (χ1n) is 7.05. The second-order valence-electron chi connectivity index (χ2n) is 5.34. The van der Waals surface area contributed by atoms with Crippen LogP contribution in [-0.4, -0.2) is 17.6 Å². The topological polar surface area (TPSA) is 61.4 Å². The van der Waals surface area contributed by atoms with E-state index in [-0.39, 0.29) is 17.6 Å². The van der Waals surface area contributed by atoms with Gasteiger partial charge in [0.25, 0.3) is 0 Å². The first-order valence-corrected chi connectivity index (χ1v) is 7.05. The average molecular weight is 282 g/mol. The van der Waals surface area contributed by atoms with Gasteiger partial charge in [0.15, 0.2) is 0 Å². The maximum atomic E-state index is 12.5. The highest BCUT2D eigenvalue weighted by Gasteiger charge is 2.26. The van der Waals surface area contributed by atoms with Gasteiger partial charge in [-0.2, -0.15) is 0 Å². The molecule has 4 heteroatoms. The fourth-order valence-corrected chi connectivity index (χ4v) is 2.71. The fraction of sp³-hybridized carbons (Fsp3) is 0.235. The molecule has 0 aliphatic carbocycles. The number of phenols is 1. The number of rotatable bonds is 2. The van der Waals surface area contributed by atoms with Crippen molar-refractivity contribution in [2.24, 2.45) is 0 Å². The minimum Gasteiger partial charge on any atom is -0.505 e. The van der Waals surface area contributed by atoms with Gasteiger partial charge >= 0.3 is 0 Å². The number of aryl methyl sites for hydroxylation is 1. The summed E-state index contributed by atoms with van der Waals surface area (Å²) >= 11 is 0. The van der Waals surface area contributed by atoms with E-state index in [4.69, 9.17) is 0 Å². The van der Waals surface area contributed by atoms with Crippen LogP contribution in [0, 0.1) is 6.92 Å². The zero-order valence-corrected chi connectivity index (χ0v) is 11.9. The Balaban J connectivity index is 1.85. The van der Waals surface area contributed by atoms with E-state index < -0.39 is 0 Å². The van der Waals surface area contributed by atoms with Crippen LogP contribution in [0.4, 0.5) is 5.69 Å². The van der Waals surface area contributed by atoms with Crippen LogP contribution in [0.25, 0.3) is 0 Å². The molecule has 1 aliphatic rings. The molecule has 2 aromatic carbocycles. The first kappa shape index (κ1) is 13.6. The zero-order valence-electron chi connectivity index (χ0n) is 11.9. The molecule has 0 fully saturated rings. The van der Waals surface area contributed by atoms with E-state index in [1.165, 1.54) is 0 Å². The summed E-state index contributed by atoms with van der Waals surface area (Å²) < 4.78 is 0. The Morgan fingerprint density at radius 2 is 2.05 bits per heavy atom. The number of phenolic OH excluding ortho intramolecular Hbond substituents is 1. The van der Waals surface area contributed by atoms with Crippen molar-refractivity contribution >= 4 is 11.6 Å². The Morgan fingerprint density at radius 1 is 1.24 bits per heavy atom. The van der Waals surface area contributed by atoms with Gasteiger partial charge in [-0.1, -0.05) is 36.4 Å². The molecule has 1 atom stereocenters. The molecule has 3 N–H and O–H groups in total. The highest BCUT2D eigenvalue weighted by Crippen LogP contribution is 2.29. The van der Waals surface area contributed by atoms with Gasteiger partial charge in [0.1, 0.15) is 5.75 Å². The highest BCUT2D eigenvalue weighted by molar-refractivity contribution is 5.97. The van der Waals surface area contributed by atoms with Gasteiger partial charge in [0, 0.05) is 13.1 Å². The molecule has 0 saturated heterocycles. The van der Waals surface area contributed by atoms with Crippen LogP contribution in [0.5, 0.6) is 5.75 Å². The largest absolute Gasteiger partial charge is 0.505 e. The molecule has 0 saturated carbocycles. The molecule has 0 bridgehead atoms. The van der Waals surface area contributed by atoms with Crippen molar-refractivity contribution in [2.45, 2.75) is 19.4 Å². The summed E-state index contributed by atoms with van der Waals surface area (Å²) in [4.78, 5) is 12.5. The molecular formula is C17H18N2O2. The second kappa shape index (κ2) is 5.58. The number of carbonyl (C=O) groups is 1. The molecule has 0 radical (unpaired) electrons. The SMILES string of the molecule is Cc1cccc(NC(=O)C2CNCc3ccccc32)c1O. The minimum atomic E-state index is -0.241. The van der Waals surface area contributed by atoms with E-state index >= 15 is 0 Å². The van der Waals surface area contributed by atoms with Gasteiger partial charge in [-0.05, 0) is 29.7 Å². The summed E-state index contributed by atoms with van der Waals surface area (Å²) in [7, 11) is 0. The molecule has 3 rings (SSSR count). The average Bonchev–Trinajstić information content (AvgIpc) is 2.51. The van der Waals surface area contributed by atoms with E-state index in [0.29, 0.717) is 12.2 Å². The van der Waals surface area contributed by atoms with E-state index in [9.17, 15) is 9.90 Å². The molecule has 4 nitrogen and oxygen atoms in total. The Hall–Kier alpha value is -2.33. The Bertz CT molecular complexity index is 682. The molecule has 108 valence electrons. The number of aromatic hydroxyl groups is 1. The highest BCUT2D eigenvalue weighted by atomic mass is 16.3. The lowest BCUT2D eigenvalue weighted by Gasteiger charge is -2.25. The van der Waals surface area contributed by atoms with Crippen LogP contribution in [0.1, 0.15) is 22.6 Å². The molecule has 1 amide bonds. The molecule has 0 aromatic heterocycles. The third kappa shape index (κ3) is 2.62. The summed E-state index contributed by atoms with van der Waals surface area (Å²) in [6, 6.07) is 13.3. The lowest BCUT2D eigenvalue weighted by molar-refractivity contribution is -0.117. The summed E-state index contributed by atoms with van der Waals surface area (Å²) in [5, 5.41) is 16.1. The molecule has 1 heterocycles. The van der Waals surface area contributed by atoms with Crippen molar-refractivity contribution in [3.05, 3.63) is 59.2 Å². The van der Waals surface area contributed by atoms with E-state index in [2.05, 4.69) is 10.6 Å². The predicted octanol–water partition coefficient (Wildman–Crippen LogP) is 2.53. The van der Waals surface area contributed by atoms with Gasteiger partial charge in [0.05, 0.1) is 11.6 Å². The molecule has 0 spiro atoms. The number of fused-ring (bicyclic) bond motifs is 1. The number of amides is 1. The molecule has 1 aliphatic heterocycles. The van der Waals surface area contributed by atoms with Crippen LogP contribution in [0.2, 0.25) is 0 Å². The number of nitrogens with one attached hydrogen (secondary N) is 2. The smallest absolute Gasteiger partial charge is 0.233 e. The van der Waals surface area contributed by atoms with Crippen molar-refractivity contribution in [3.63, 3.8) is 0 Å². The third-order valence-electron chi connectivity index (χ3n) is 3.91. The monoisotopic (exact) mass is 282 g/mol. The van der Waals surface area contributed by atoms with Crippen LogP contribution < -0.4 is 10.6 Å². The number of carbonyl (C=O) groups excluding carboxylic acids is 1. The maximum Gasteiger partial charge on any atom is 0.233 e. The van der Waals surface area contributed by atoms with E-state index in [0.717, 1.165) is 23.2 Å². The second-order valence-corrected chi connectivity index (χ2v) is 5.34. The summed E-state index contributed by atoms with van der Waals surface area (Å²) in [6.45, 7) is 3.20. The summed E-state index contributed by atoms with van der Waals surface area (Å²) in [5.41, 5.74) is 3.41. The first-order chi connectivity index (χ1) is 10.2. The number of hydrogen-bond acceptors (Lipinski definition) is 3. The van der Waals surface area contributed by atoms with Gasteiger partial charge in [-0.3, -0.25) is 4.79 Å². The fourth-order valence-electron chi connectivity index (χ4n) is 2.71. The van der Waals surface area contributed by atoms with Gasteiger partial charge in [-0.15, -0.1) is 0 Å². The van der Waals surface area contributed by atoms with Gasteiger partial charge in [0.2, 0.25) is 5.91 Å². The van der Waals surface area contributed by atoms with Crippen molar-refractivity contribution in [2.75, 3.05) is 11.9 Å². The maximum absolute atomic E-state index is 12.5. The van der Waals surface area contributed by atoms with Gasteiger partial charge in [-0.25, -0.2) is 0 Å². The lowest BCUT2D eigenvalue weighted by atomic mass is 9.90. The Labute approximate surface area is 123 Å². The van der Waals surface area contributed by atoms with Crippen LogP contribution >= 0.6 is 0 Å². The number of hydrogen-bond donors (Lipinski definition) is 3. The number of anilines is 1. The quantitative estimate of drug-likeness (QED) is 0.742. The molecule has 21 heavy (non-hydrogen) atoms. The predicted molar refractivity (Wildman–Crippen MR) is 82.4 cm³/mol. The number of benzene rings is 2. The molecule has 1 unspecified atom stereocenters. The van der Waals surface area contributed by atoms with Crippen molar-refractivity contribution < 1.29 is 9.90 Å². The summed E-state index contributed by atoms with van der Waals surface area (Å²) in [6.07, 6.45) is 0. The Morgan fingerprint density at radius 3 is 2.90 bits per heavy atom. The molecular weight excluding hydrogens is 264 g/mol. The van der Waals surface area contributed by atoms with Gasteiger partial charge < -0.3 is 15.7 Å². The standard InChI is InChI=1S/C17H18N2O2/c1-11-5-4-8-15(16(11)20)19-17(21)14-10-18-9-12-6-2-3-7-13(12)14/h2-8,14,18,20H,9-10H2,1H3,(H,19,21). The van der Waals surface area contributed by atoms with E-state index in [1.54, 1.807) is 6.07 Å². The van der Waals surface area contributed by atoms with Crippen LogP contribution in [0.15, 0.2) is 42.5 Å². The van der Waals surface area contributed by atoms with Crippen molar-refractivity contribution in [1.29, 1.82) is 0 Å².